The second-order valence-electron chi connectivity index (χ2n) is 3.12. The first-order valence-electron chi connectivity index (χ1n) is 4.40. The molecule has 13 heavy (non-hydrogen) atoms. The standard InChI is InChI=1S/C8H16OS.2O.Sb/c1-2-3-6-10(9)7-4-5-8-10;;;/h2-3,9H,4-8H2,1H3;;;/q;;;+1/p-1/b3-2+;;;. The van der Waals surface area contributed by atoms with Crippen LogP contribution in [0.5, 0.6) is 0 Å². The Bertz CT molecular complexity index is 246. The molecular formula is C8H15O3SSb. The van der Waals surface area contributed by atoms with Crippen LogP contribution in [-0.4, -0.2) is 37.9 Å². The Labute approximate surface area is 88.4 Å². The van der Waals surface area contributed by atoms with E-state index in [-0.39, 0.29) is 0 Å². The second-order valence-corrected chi connectivity index (χ2v) is 8.90. The van der Waals surface area contributed by atoms with Crippen LogP contribution in [0.15, 0.2) is 12.2 Å². The molecule has 0 aromatic rings. The molecule has 0 atom stereocenters. The number of allylic oxidation sites excluding steroid dienone is 1. The van der Waals surface area contributed by atoms with Crippen LogP contribution in [0.2, 0.25) is 0 Å². The van der Waals surface area contributed by atoms with Crippen molar-refractivity contribution in [3.8, 4) is 0 Å². The van der Waals surface area contributed by atoms with Crippen molar-refractivity contribution in [2.75, 3.05) is 17.3 Å². The van der Waals surface area contributed by atoms with Gasteiger partial charge >= 0.3 is 88.6 Å². The molecule has 1 aliphatic rings. The van der Waals surface area contributed by atoms with Crippen molar-refractivity contribution < 1.29 is 8.50 Å². The molecule has 0 bridgehead atoms. The molecule has 1 aliphatic heterocycles. The van der Waals surface area contributed by atoms with Gasteiger partial charge in [-0.3, -0.25) is 0 Å². The van der Waals surface area contributed by atoms with Gasteiger partial charge < -0.3 is 0 Å². The maximum absolute atomic E-state index is 10.7. The van der Waals surface area contributed by atoms with E-state index in [1.807, 2.05) is 19.1 Å². The summed E-state index contributed by atoms with van der Waals surface area (Å²) < 4.78 is 26.5. The molecular weight excluding hydrogens is 298 g/mol. The fourth-order valence-corrected chi connectivity index (χ4v) is 8.52. The summed E-state index contributed by atoms with van der Waals surface area (Å²) in [6.45, 7) is 1.95. The van der Waals surface area contributed by atoms with Gasteiger partial charge in [0.05, 0.1) is 0 Å². The summed E-state index contributed by atoms with van der Waals surface area (Å²) in [5.41, 5.74) is 0. The third kappa shape index (κ3) is 3.60. The van der Waals surface area contributed by atoms with E-state index in [2.05, 4.69) is 0 Å². The molecule has 0 spiro atoms. The summed E-state index contributed by atoms with van der Waals surface area (Å²) in [5.74, 6) is 2.78. The van der Waals surface area contributed by atoms with Crippen molar-refractivity contribution in [2.24, 2.45) is 0 Å². The Balaban J connectivity index is 2.62. The summed E-state index contributed by atoms with van der Waals surface area (Å²) in [7, 11) is -1.25. The van der Waals surface area contributed by atoms with E-state index >= 15 is 0 Å². The van der Waals surface area contributed by atoms with E-state index in [1.54, 1.807) is 0 Å². The van der Waals surface area contributed by atoms with Crippen molar-refractivity contribution in [3.05, 3.63) is 12.2 Å². The fourth-order valence-electron chi connectivity index (χ4n) is 1.50. The zero-order valence-electron chi connectivity index (χ0n) is 7.77. The van der Waals surface area contributed by atoms with Crippen LogP contribution >= 0.6 is 10.3 Å². The summed E-state index contributed by atoms with van der Waals surface area (Å²) >= 11 is -3.72. The summed E-state index contributed by atoms with van der Waals surface area (Å²) in [6.07, 6.45) is 6.25. The molecule has 1 fully saturated rings. The van der Waals surface area contributed by atoms with Gasteiger partial charge in [-0.05, 0) is 0 Å². The van der Waals surface area contributed by atoms with Gasteiger partial charge in [0, 0.05) is 0 Å². The van der Waals surface area contributed by atoms with Crippen LogP contribution in [0, 0.1) is 0 Å². The van der Waals surface area contributed by atoms with Gasteiger partial charge in [-0.15, -0.1) is 0 Å². The minimum absolute atomic E-state index is 0.828. The van der Waals surface area contributed by atoms with E-state index in [0.717, 1.165) is 30.1 Å². The SMILES string of the molecule is C/C=C/CS1([O][Sb](=[O])=[O])CCCC1. The Morgan fingerprint density at radius 2 is 2.00 bits per heavy atom. The van der Waals surface area contributed by atoms with E-state index in [1.165, 1.54) is 0 Å². The molecule has 0 aliphatic carbocycles. The van der Waals surface area contributed by atoms with Crippen molar-refractivity contribution in [1.82, 2.24) is 0 Å². The molecule has 0 saturated carbocycles. The van der Waals surface area contributed by atoms with Gasteiger partial charge in [0.2, 0.25) is 0 Å². The van der Waals surface area contributed by atoms with Crippen LogP contribution in [0.25, 0.3) is 0 Å². The average Bonchev–Trinajstić information content (AvgIpc) is 2.49. The molecule has 76 valence electrons. The molecule has 0 aromatic carbocycles. The molecule has 5 heteroatoms. The quantitative estimate of drug-likeness (QED) is 0.588. The van der Waals surface area contributed by atoms with E-state index < -0.39 is 30.9 Å². The summed E-state index contributed by atoms with van der Waals surface area (Å²) in [6, 6.07) is 0. The van der Waals surface area contributed by atoms with Crippen LogP contribution in [-0.2, 0) is 8.50 Å². The zero-order chi connectivity index (χ0) is 9.73. The topological polar surface area (TPSA) is 43.4 Å². The Hall–Kier alpha value is 0.468. The first-order valence-corrected chi connectivity index (χ1v) is 9.59. The molecule has 0 radical (unpaired) electrons. The Morgan fingerprint density at radius 3 is 2.46 bits per heavy atom. The molecule has 0 N–H and O–H groups in total. The molecule has 3 nitrogen and oxygen atoms in total. The van der Waals surface area contributed by atoms with E-state index in [4.69, 9.17) is 2.46 Å². The van der Waals surface area contributed by atoms with Crippen LogP contribution in [0.4, 0.5) is 0 Å². The maximum atomic E-state index is 10.7. The number of rotatable bonds is 4. The molecule has 1 rings (SSSR count). The zero-order valence-corrected chi connectivity index (χ0v) is 11.1. The first kappa shape index (κ1) is 11.5. The first-order chi connectivity index (χ1) is 6.18. The predicted octanol–water partition coefficient (Wildman–Crippen LogP) is 1.94. The van der Waals surface area contributed by atoms with Crippen LogP contribution < -0.4 is 0 Å². The van der Waals surface area contributed by atoms with Gasteiger partial charge in [0.15, 0.2) is 0 Å². The van der Waals surface area contributed by atoms with E-state index in [9.17, 15) is 6.03 Å². The summed E-state index contributed by atoms with van der Waals surface area (Å²) in [5, 5.41) is 0. The van der Waals surface area contributed by atoms with Crippen molar-refractivity contribution >= 4 is 30.9 Å². The Kier molecular flexibility index (Phi) is 4.77. The van der Waals surface area contributed by atoms with Crippen LogP contribution in [0.1, 0.15) is 19.8 Å². The van der Waals surface area contributed by atoms with Gasteiger partial charge in [-0.25, -0.2) is 0 Å². The second kappa shape index (κ2) is 5.37. The molecule has 0 aromatic heterocycles. The molecule has 0 unspecified atom stereocenters. The van der Waals surface area contributed by atoms with Crippen molar-refractivity contribution in [1.29, 1.82) is 0 Å². The molecule has 0 amide bonds. The van der Waals surface area contributed by atoms with Gasteiger partial charge in [-0.1, -0.05) is 0 Å². The minimum atomic E-state index is -3.72. The third-order valence-electron chi connectivity index (χ3n) is 2.14. The molecule has 1 saturated heterocycles. The molecule has 1 heterocycles. The monoisotopic (exact) mass is 312 g/mol. The Morgan fingerprint density at radius 1 is 1.38 bits per heavy atom. The fraction of sp³-hybridized carbons (Fsp3) is 0.750. The predicted molar refractivity (Wildman–Crippen MR) is 54.5 cm³/mol. The third-order valence-corrected chi connectivity index (χ3v) is 9.19. The summed E-state index contributed by atoms with van der Waals surface area (Å²) in [4.78, 5) is 0. The number of hydrogen-bond acceptors (Lipinski definition) is 3. The van der Waals surface area contributed by atoms with Gasteiger partial charge in [-0.2, -0.15) is 0 Å². The van der Waals surface area contributed by atoms with Crippen LogP contribution in [0.3, 0.4) is 0 Å². The van der Waals surface area contributed by atoms with Gasteiger partial charge in [0.25, 0.3) is 0 Å². The van der Waals surface area contributed by atoms with E-state index in [0.29, 0.717) is 0 Å². The average molecular weight is 313 g/mol. The van der Waals surface area contributed by atoms with Crippen molar-refractivity contribution in [2.45, 2.75) is 19.8 Å². The number of hydrogen-bond donors (Lipinski definition) is 0. The van der Waals surface area contributed by atoms with Gasteiger partial charge in [0.1, 0.15) is 0 Å². The normalized spacial score (nSPS) is 23.5. The van der Waals surface area contributed by atoms with Crippen molar-refractivity contribution in [3.63, 3.8) is 0 Å².